The number of anilines is 1. The normalized spacial score (nSPS) is 12.5. The molecule has 0 bridgehead atoms. The highest BCUT2D eigenvalue weighted by Crippen LogP contribution is 2.35. The summed E-state index contributed by atoms with van der Waals surface area (Å²) in [6.45, 7) is 2.65. The van der Waals surface area contributed by atoms with Crippen molar-refractivity contribution in [1.82, 2.24) is 4.98 Å². The van der Waals surface area contributed by atoms with Crippen molar-refractivity contribution in [3.63, 3.8) is 0 Å². The number of aromatic nitrogens is 1. The number of carbonyl (C=O) groups is 1. The molecule has 0 fully saturated rings. The van der Waals surface area contributed by atoms with E-state index in [4.69, 9.17) is 9.47 Å². The monoisotopic (exact) mass is 397 g/mol. The van der Waals surface area contributed by atoms with Gasteiger partial charge in [-0.2, -0.15) is 0 Å². The molecular weight excluding hydrogens is 382 g/mol. The van der Waals surface area contributed by atoms with Gasteiger partial charge < -0.3 is 9.47 Å². The molecule has 0 saturated heterocycles. The molecule has 8 nitrogen and oxygen atoms in total. The summed E-state index contributed by atoms with van der Waals surface area (Å²) < 4.78 is 11.1. The average molecular weight is 397 g/mol. The Morgan fingerprint density at radius 3 is 2.75 bits per heavy atom. The first-order valence-electron chi connectivity index (χ1n) is 8.43. The molecule has 0 unspecified atom stereocenters. The lowest BCUT2D eigenvalue weighted by atomic mass is 10.1. The van der Waals surface area contributed by atoms with Gasteiger partial charge in [0.05, 0.1) is 10.6 Å². The number of hydrogen-bond acceptors (Lipinski definition) is 7. The molecule has 9 heteroatoms. The SMILES string of the molecule is Cc1ccc(C(=O)Nc2nc(-c3ccc4c(c3)OCCO4)cs2)cc1[N+](=O)[O-]. The summed E-state index contributed by atoms with van der Waals surface area (Å²) in [7, 11) is 0. The van der Waals surface area contributed by atoms with E-state index in [1.54, 1.807) is 19.1 Å². The van der Waals surface area contributed by atoms with E-state index in [0.717, 1.165) is 5.56 Å². The van der Waals surface area contributed by atoms with Gasteiger partial charge in [0.25, 0.3) is 11.6 Å². The lowest BCUT2D eigenvalue weighted by molar-refractivity contribution is -0.385. The van der Waals surface area contributed by atoms with Crippen molar-refractivity contribution in [2.45, 2.75) is 6.92 Å². The molecule has 0 aliphatic carbocycles. The number of fused-ring (bicyclic) bond motifs is 1. The van der Waals surface area contributed by atoms with E-state index >= 15 is 0 Å². The third-order valence-corrected chi connectivity index (χ3v) is 4.99. The number of carbonyl (C=O) groups excluding carboxylic acids is 1. The fraction of sp³-hybridized carbons (Fsp3) is 0.158. The van der Waals surface area contributed by atoms with E-state index in [9.17, 15) is 14.9 Å². The highest BCUT2D eigenvalue weighted by Gasteiger charge is 2.17. The summed E-state index contributed by atoms with van der Waals surface area (Å²) in [6.07, 6.45) is 0. The second kappa shape index (κ2) is 7.28. The Morgan fingerprint density at radius 2 is 1.96 bits per heavy atom. The first-order chi connectivity index (χ1) is 13.5. The van der Waals surface area contributed by atoms with Gasteiger partial charge in [0.1, 0.15) is 13.2 Å². The van der Waals surface area contributed by atoms with Gasteiger partial charge in [-0.25, -0.2) is 4.98 Å². The number of ether oxygens (including phenoxy) is 2. The highest BCUT2D eigenvalue weighted by molar-refractivity contribution is 7.14. The van der Waals surface area contributed by atoms with Crippen molar-refractivity contribution >= 4 is 28.1 Å². The number of amides is 1. The minimum Gasteiger partial charge on any atom is -0.486 e. The standard InChI is InChI=1S/C19H15N3O5S/c1-11-2-3-13(8-15(11)22(24)25)18(23)21-19-20-14(10-28-19)12-4-5-16-17(9-12)27-7-6-26-16/h2-5,8-10H,6-7H2,1H3,(H,20,21,23). The van der Waals surface area contributed by atoms with Gasteiger partial charge in [0.2, 0.25) is 0 Å². The number of aryl methyl sites for hydroxylation is 1. The summed E-state index contributed by atoms with van der Waals surface area (Å²) in [5.41, 5.74) is 2.13. The van der Waals surface area contributed by atoms with Crippen molar-refractivity contribution in [3.8, 4) is 22.8 Å². The lowest BCUT2D eigenvalue weighted by Gasteiger charge is -2.18. The molecule has 142 valence electrons. The van der Waals surface area contributed by atoms with Crippen LogP contribution in [0.3, 0.4) is 0 Å². The zero-order valence-electron chi connectivity index (χ0n) is 14.8. The maximum atomic E-state index is 12.4. The van der Waals surface area contributed by atoms with Crippen LogP contribution in [-0.2, 0) is 0 Å². The van der Waals surface area contributed by atoms with Crippen LogP contribution in [0, 0.1) is 17.0 Å². The van der Waals surface area contributed by atoms with Gasteiger partial charge in [-0.1, -0.05) is 6.07 Å². The molecule has 1 amide bonds. The number of rotatable bonds is 4. The van der Waals surface area contributed by atoms with Crippen LogP contribution in [0.1, 0.15) is 15.9 Å². The van der Waals surface area contributed by atoms with Crippen LogP contribution in [0.4, 0.5) is 10.8 Å². The van der Waals surface area contributed by atoms with Crippen LogP contribution in [-0.4, -0.2) is 29.0 Å². The largest absolute Gasteiger partial charge is 0.486 e. The summed E-state index contributed by atoms with van der Waals surface area (Å²) in [5.74, 6) is 0.903. The van der Waals surface area contributed by atoms with E-state index in [1.165, 1.54) is 17.4 Å². The number of nitro benzene ring substituents is 1. The number of nitrogens with one attached hydrogen (secondary N) is 1. The van der Waals surface area contributed by atoms with Gasteiger partial charge in [-0.05, 0) is 31.2 Å². The van der Waals surface area contributed by atoms with Crippen LogP contribution in [0.25, 0.3) is 11.3 Å². The summed E-state index contributed by atoms with van der Waals surface area (Å²) in [5, 5.41) is 16.0. The first kappa shape index (κ1) is 17.9. The first-order valence-corrected chi connectivity index (χ1v) is 9.31. The van der Waals surface area contributed by atoms with Crippen LogP contribution in [0.15, 0.2) is 41.8 Å². The summed E-state index contributed by atoms with van der Waals surface area (Å²) in [4.78, 5) is 27.4. The Labute approximate surface area is 163 Å². The van der Waals surface area contributed by atoms with E-state index in [0.29, 0.717) is 41.1 Å². The van der Waals surface area contributed by atoms with Crippen LogP contribution >= 0.6 is 11.3 Å². The smallest absolute Gasteiger partial charge is 0.273 e. The summed E-state index contributed by atoms with van der Waals surface area (Å²) in [6, 6.07) is 9.91. The van der Waals surface area contributed by atoms with Gasteiger partial charge in [0.15, 0.2) is 16.6 Å². The fourth-order valence-electron chi connectivity index (χ4n) is 2.78. The van der Waals surface area contributed by atoms with Crippen molar-refractivity contribution in [3.05, 3.63) is 63.0 Å². The number of nitrogens with zero attached hydrogens (tertiary/aromatic N) is 2. The van der Waals surface area contributed by atoms with Crippen LogP contribution < -0.4 is 14.8 Å². The third-order valence-electron chi connectivity index (χ3n) is 4.23. The summed E-state index contributed by atoms with van der Waals surface area (Å²) >= 11 is 1.27. The molecule has 0 atom stereocenters. The Hall–Kier alpha value is -3.46. The van der Waals surface area contributed by atoms with Crippen molar-refractivity contribution in [2.24, 2.45) is 0 Å². The topological polar surface area (TPSA) is 104 Å². The minimum absolute atomic E-state index is 0.0937. The Bertz CT molecular complexity index is 1080. The quantitative estimate of drug-likeness (QED) is 0.526. The molecule has 3 aromatic rings. The number of hydrogen-bond donors (Lipinski definition) is 1. The molecule has 0 radical (unpaired) electrons. The molecule has 1 N–H and O–H groups in total. The number of thiazole rings is 1. The predicted molar refractivity (Wildman–Crippen MR) is 104 cm³/mol. The molecule has 1 aliphatic heterocycles. The van der Waals surface area contributed by atoms with Crippen molar-refractivity contribution in [2.75, 3.05) is 18.5 Å². The Kier molecular flexibility index (Phi) is 4.66. The average Bonchev–Trinajstić information content (AvgIpc) is 3.16. The molecule has 4 rings (SSSR count). The van der Waals surface area contributed by atoms with Gasteiger partial charge in [-0.3, -0.25) is 20.2 Å². The van der Waals surface area contributed by atoms with Gasteiger partial charge in [0, 0.05) is 28.1 Å². The second-order valence-electron chi connectivity index (χ2n) is 6.11. The van der Waals surface area contributed by atoms with Gasteiger partial charge >= 0.3 is 0 Å². The van der Waals surface area contributed by atoms with E-state index < -0.39 is 10.8 Å². The number of benzene rings is 2. The van der Waals surface area contributed by atoms with E-state index in [2.05, 4.69) is 10.3 Å². The number of nitro groups is 1. The van der Waals surface area contributed by atoms with Crippen LogP contribution in [0.2, 0.25) is 0 Å². The van der Waals surface area contributed by atoms with Crippen molar-refractivity contribution < 1.29 is 19.2 Å². The maximum Gasteiger partial charge on any atom is 0.273 e. The minimum atomic E-state index is -0.504. The lowest BCUT2D eigenvalue weighted by Crippen LogP contribution is -2.15. The molecule has 0 spiro atoms. The molecule has 1 aromatic heterocycles. The molecule has 1 aliphatic rings. The highest BCUT2D eigenvalue weighted by atomic mass is 32.1. The molecule has 0 saturated carbocycles. The second-order valence-corrected chi connectivity index (χ2v) is 6.97. The fourth-order valence-corrected chi connectivity index (χ4v) is 3.50. The zero-order valence-corrected chi connectivity index (χ0v) is 15.6. The van der Waals surface area contributed by atoms with Gasteiger partial charge in [-0.15, -0.1) is 11.3 Å². The predicted octanol–water partition coefficient (Wildman–Crippen LogP) is 4.05. The van der Waals surface area contributed by atoms with Crippen molar-refractivity contribution in [1.29, 1.82) is 0 Å². The molecule has 2 aromatic carbocycles. The molecule has 2 heterocycles. The third kappa shape index (κ3) is 3.52. The van der Waals surface area contributed by atoms with Crippen LogP contribution in [0.5, 0.6) is 11.5 Å². The van der Waals surface area contributed by atoms with E-state index in [-0.39, 0.29) is 11.3 Å². The maximum absolute atomic E-state index is 12.4. The Balaban J connectivity index is 1.53. The Morgan fingerprint density at radius 1 is 1.18 bits per heavy atom. The molecular formula is C19H15N3O5S. The molecule has 28 heavy (non-hydrogen) atoms. The zero-order chi connectivity index (χ0) is 19.7. The van der Waals surface area contributed by atoms with E-state index in [1.807, 2.05) is 23.6 Å².